The number of rotatable bonds is 3. The molecule has 0 radical (unpaired) electrons. The van der Waals surface area contributed by atoms with Gasteiger partial charge in [0.2, 0.25) is 0 Å². The first kappa shape index (κ1) is 14.0. The molecule has 0 heterocycles. The number of hydrogen-bond donors (Lipinski definition) is 0. The van der Waals surface area contributed by atoms with Gasteiger partial charge in [-0.1, -0.05) is 24.3 Å². The molecule has 0 aliphatic heterocycles. The zero-order chi connectivity index (χ0) is 14.7. The third-order valence-electron chi connectivity index (χ3n) is 3.47. The number of benzene rings is 2. The van der Waals surface area contributed by atoms with E-state index < -0.39 is 0 Å². The molecule has 2 rings (SSSR count). The highest BCUT2D eigenvalue weighted by atomic mass is 19.1. The smallest absolute Gasteiger partial charge is 0.254 e. The average Bonchev–Trinajstić information content (AvgIpc) is 2.47. The van der Waals surface area contributed by atoms with Gasteiger partial charge in [0.05, 0.1) is 12.5 Å². The van der Waals surface area contributed by atoms with E-state index in [0.29, 0.717) is 16.3 Å². The molecule has 0 aliphatic carbocycles. The van der Waals surface area contributed by atoms with E-state index in [0.717, 1.165) is 0 Å². The van der Waals surface area contributed by atoms with Crippen LogP contribution in [0.5, 0.6) is 0 Å². The standard InChI is InChI=1S/C16H15FN2O/c1-11(9-10-18)19(2)16(20)14-7-8-15(17)13-6-4-3-5-12(13)14/h3-8,11H,9H2,1-2H3. The topological polar surface area (TPSA) is 44.1 Å². The monoisotopic (exact) mass is 270 g/mol. The number of halogens is 1. The lowest BCUT2D eigenvalue weighted by Crippen LogP contribution is -2.34. The summed E-state index contributed by atoms with van der Waals surface area (Å²) in [6, 6.07) is 11.6. The Balaban J connectivity index is 2.46. The first-order chi connectivity index (χ1) is 9.56. The number of hydrogen-bond acceptors (Lipinski definition) is 2. The van der Waals surface area contributed by atoms with Gasteiger partial charge >= 0.3 is 0 Å². The third-order valence-corrected chi connectivity index (χ3v) is 3.47. The van der Waals surface area contributed by atoms with Crippen molar-refractivity contribution in [2.24, 2.45) is 0 Å². The lowest BCUT2D eigenvalue weighted by atomic mass is 10.0. The van der Waals surface area contributed by atoms with Gasteiger partial charge < -0.3 is 4.90 Å². The highest BCUT2D eigenvalue weighted by molar-refractivity contribution is 6.07. The predicted octanol–water partition coefficient (Wildman–Crippen LogP) is 3.35. The number of nitriles is 1. The normalized spacial score (nSPS) is 11.9. The second kappa shape index (κ2) is 5.70. The Hall–Kier alpha value is -2.41. The summed E-state index contributed by atoms with van der Waals surface area (Å²) in [5.41, 5.74) is 0.453. The Bertz CT molecular complexity index is 690. The van der Waals surface area contributed by atoms with Crippen LogP contribution in [0.3, 0.4) is 0 Å². The summed E-state index contributed by atoms with van der Waals surface area (Å²) in [7, 11) is 1.66. The summed E-state index contributed by atoms with van der Waals surface area (Å²) < 4.78 is 13.7. The highest BCUT2D eigenvalue weighted by Crippen LogP contribution is 2.23. The maximum Gasteiger partial charge on any atom is 0.254 e. The van der Waals surface area contributed by atoms with Crippen LogP contribution in [-0.4, -0.2) is 23.9 Å². The van der Waals surface area contributed by atoms with Crippen LogP contribution in [0.15, 0.2) is 36.4 Å². The Morgan fingerprint density at radius 1 is 1.30 bits per heavy atom. The van der Waals surface area contributed by atoms with Crippen molar-refractivity contribution in [1.82, 2.24) is 4.90 Å². The summed E-state index contributed by atoms with van der Waals surface area (Å²) in [6.07, 6.45) is 0.265. The largest absolute Gasteiger partial charge is 0.338 e. The van der Waals surface area contributed by atoms with Gasteiger partial charge in [-0.15, -0.1) is 0 Å². The van der Waals surface area contributed by atoms with Gasteiger partial charge in [-0.25, -0.2) is 4.39 Å². The minimum Gasteiger partial charge on any atom is -0.338 e. The molecule has 102 valence electrons. The number of nitrogens with zero attached hydrogens (tertiary/aromatic N) is 2. The molecule has 20 heavy (non-hydrogen) atoms. The van der Waals surface area contributed by atoms with Crippen molar-refractivity contribution in [3.63, 3.8) is 0 Å². The van der Waals surface area contributed by atoms with Gasteiger partial charge in [0.1, 0.15) is 5.82 Å². The number of carbonyl (C=O) groups is 1. The quantitative estimate of drug-likeness (QED) is 0.858. The molecule has 2 aromatic carbocycles. The molecule has 0 aliphatic rings. The molecule has 2 aromatic rings. The maximum absolute atomic E-state index is 13.7. The lowest BCUT2D eigenvalue weighted by Gasteiger charge is -2.23. The van der Waals surface area contributed by atoms with Gasteiger partial charge in [-0.3, -0.25) is 4.79 Å². The van der Waals surface area contributed by atoms with Crippen molar-refractivity contribution in [3.05, 3.63) is 47.8 Å². The van der Waals surface area contributed by atoms with Crippen LogP contribution in [0.4, 0.5) is 4.39 Å². The Morgan fingerprint density at radius 3 is 2.60 bits per heavy atom. The van der Waals surface area contributed by atoms with Gasteiger partial charge in [-0.05, 0) is 24.4 Å². The van der Waals surface area contributed by atoms with E-state index in [9.17, 15) is 9.18 Å². The molecule has 0 bridgehead atoms. The fourth-order valence-electron chi connectivity index (χ4n) is 2.11. The van der Waals surface area contributed by atoms with Crippen molar-refractivity contribution in [2.45, 2.75) is 19.4 Å². The van der Waals surface area contributed by atoms with Crippen LogP contribution in [-0.2, 0) is 0 Å². The summed E-state index contributed by atoms with van der Waals surface area (Å²) in [5.74, 6) is -0.547. The summed E-state index contributed by atoms with van der Waals surface area (Å²) in [5, 5.41) is 9.73. The van der Waals surface area contributed by atoms with Gasteiger partial charge in [0, 0.05) is 24.0 Å². The van der Waals surface area contributed by atoms with E-state index in [-0.39, 0.29) is 24.2 Å². The van der Waals surface area contributed by atoms with E-state index in [4.69, 9.17) is 5.26 Å². The van der Waals surface area contributed by atoms with E-state index in [2.05, 4.69) is 0 Å². The SMILES string of the molecule is CC(CC#N)N(C)C(=O)c1ccc(F)c2ccccc12. The first-order valence-electron chi connectivity index (χ1n) is 6.37. The molecule has 4 heteroatoms. The van der Waals surface area contributed by atoms with E-state index in [1.807, 2.05) is 13.0 Å². The molecule has 0 fully saturated rings. The molecule has 1 unspecified atom stereocenters. The molecule has 0 aromatic heterocycles. The zero-order valence-corrected chi connectivity index (χ0v) is 11.4. The van der Waals surface area contributed by atoms with Crippen LogP contribution in [0.25, 0.3) is 10.8 Å². The minimum absolute atomic E-state index is 0.184. The number of fused-ring (bicyclic) bond motifs is 1. The Morgan fingerprint density at radius 2 is 1.95 bits per heavy atom. The van der Waals surface area contributed by atoms with Crippen molar-refractivity contribution in [2.75, 3.05) is 7.05 Å². The summed E-state index contributed by atoms with van der Waals surface area (Å²) in [6.45, 7) is 1.81. The Kier molecular flexibility index (Phi) is 3.99. The molecule has 3 nitrogen and oxygen atoms in total. The van der Waals surface area contributed by atoms with Crippen LogP contribution in [0.2, 0.25) is 0 Å². The number of carbonyl (C=O) groups excluding carboxylic acids is 1. The highest BCUT2D eigenvalue weighted by Gasteiger charge is 2.19. The molecule has 1 atom stereocenters. The van der Waals surface area contributed by atoms with Crippen LogP contribution >= 0.6 is 0 Å². The second-order valence-corrected chi connectivity index (χ2v) is 4.77. The second-order valence-electron chi connectivity index (χ2n) is 4.77. The predicted molar refractivity (Wildman–Crippen MR) is 75.7 cm³/mol. The van der Waals surface area contributed by atoms with Crippen LogP contribution in [0, 0.1) is 17.1 Å². The fraction of sp³-hybridized carbons (Fsp3) is 0.250. The molecule has 0 saturated carbocycles. The van der Waals surface area contributed by atoms with E-state index >= 15 is 0 Å². The van der Waals surface area contributed by atoms with Crippen molar-refractivity contribution in [3.8, 4) is 6.07 Å². The molecule has 0 spiro atoms. The number of amides is 1. The minimum atomic E-state index is -0.343. The van der Waals surface area contributed by atoms with Crippen molar-refractivity contribution >= 4 is 16.7 Å². The average molecular weight is 270 g/mol. The van der Waals surface area contributed by atoms with Gasteiger partial charge in [-0.2, -0.15) is 5.26 Å². The van der Waals surface area contributed by atoms with Crippen molar-refractivity contribution in [1.29, 1.82) is 5.26 Å². The molecule has 0 N–H and O–H groups in total. The molecular formula is C16H15FN2O. The third kappa shape index (κ3) is 2.48. The van der Waals surface area contributed by atoms with Gasteiger partial charge in [0.15, 0.2) is 0 Å². The summed E-state index contributed by atoms with van der Waals surface area (Å²) in [4.78, 5) is 14.0. The van der Waals surface area contributed by atoms with Gasteiger partial charge in [0.25, 0.3) is 5.91 Å². The zero-order valence-electron chi connectivity index (χ0n) is 11.4. The molecular weight excluding hydrogens is 255 g/mol. The Labute approximate surface area is 117 Å². The van der Waals surface area contributed by atoms with Crippen LogP contribution < -0.4 is 0 Å². The fourth-order valence-corrected chi connectivity index (χ4v) is 2.11. The lowest BCUT2D eigenvalue weighted by molar-refractivity contribution is 0.0748. The van der Waals surface area contributed by atoms with E-state index in [1.165, 1.54) is 17.0 Å². The maximum atomic E-state index is 13.7. The van der Waals surface area contributed by atoms with E-state index in [1.54, 1.807) is 31.3 Å². The summed E-state index contributed by atoms with van der Waals surface area (Å²) >= 11 is 0. The first-order valence-corrected chi connectivity index (χ1v) is 6.37. The van der Waals surface area contributed by atoms with Crippen LogP contribution in [0.1, 0.15) is 23.7 Å². The van der Waals surface area contributed by atoms with Crippen molar-refractivity contribution < 1.29 is 9.18 Å². The molecule has 0 saturated heterocycles. The molecule has 1 amide bonds.